The van der Waals surface area contributed by atoms with Gasteiger partial charge in [-0.1, -0.05) is 0 Å². The fourth-order valence-electron chi connectivity index (χ4n) is 3.18. The molecule has 0 spiro atoms. The van der Waals surface area contributed by atoms with E-state index in [0.717, 1.165) is 17.1 Å². The highest BCUT2D eigenvalue weighted by atomic mass is 16.2. The average Bonchev–Trinajstić information content (AvgIpc) is 3.36. The van der Waals surface area contributed by atoms with Crippen LogP contribution in [0.3, 0.4) is 0 Å². The van der Waals surface area contributed by atoms with Crippen molar-refractivity contribution in [1.29, 1.82) is 0 Å². The zero-order chi connectivity index (χ0) is 17.6. The first kappa shape index (κ1) is 15.7. The van der Waals surface area contributed by atoms with Crippen LogP contribution >= 0.6 is 0 Å². The molecule has 1 amide bonds. The smallest absolute Gasteiger partial charge is 0.274 e. The second-order valence-corrected chi connectivity index (χ2v) is 7.23. The van der Waals surface area contributed by atoms with Crippen LogP contribution in [0.2, 0.25) is 0 Å². The Kier molecular flexibility index (Phi) is 3.52. The lowest BCUT2D eigenvalue weighted by Gasteiger charge is -2.25. The van der Waals surface area contributed by atoms with Gasteiger partial charge in [0.15, 0.2) is 11.3 Å². The molecule has 0 aromatic carbocycles. The number of aryl methyl sites for hydroxylation is 1. The second-order valence-electron chi connectivity index (χ2n) is 7.23. The summed E-state index contributed by atoms with van der Waals surface area (Å²) in [5.41, 5.74) is 9.28. The van der Waals surface area contributed by atoms with Gasteiger partial charge in [-0.25, -0.2) is 9.97 Å². The number of carbonyl (C=O) groups excluding carboxylic acids is 1. The normalized spacial score (nSPS) is 17.0. The van der Waals surface area contributed by atoms with E-state index in [9.17, 15) is 4.79 Å². The standard InChI is InChI=1S/C18H22N6O/c1-11-9-14(13-5-4-8-20-23-13)21-16-15(19-10-24(11)16)17(25)22-18(2,3)12-6-7-12/h4-5,8-10,12,20,23H,6-7H2,1-3H3,(H,22,25). The highest BCUT2D eigenvalue weighted by Crippen LogP contribution is 2.39. The van der Waals surface area contributed by atoms with Gasteiger partial charge in [-0.3, -0.25) is 14.6 Å². The van der Waals surface area contributed by atoms with E-state index in [-0.39, 0.29) is 11.4 Å². The third-order valence-electron chi connectivity index (χ3n) is 4.87. The van der Waals surface area contributed by atoms with Gasteiger partial charge in [0, 0.05) is 17.4 Å². The minimum Gasteiger partial charge on any atom is -0.345 e. The number of fused-ring (bicyclic) bond motifs is 1. The summed E-state index contributed by atoms with van der Waals surface area (Å²) in [6.45, 7) is 6.11. The number of amides is 1. The van der Waals surface area contributed by atoms with Crippen molar-refractivity contribution in [3.63, 3.8) is 0 Å². The van der Waals surface area contributed by atoms with E-state index >= 15 is 0 Å². The Balaban J connectivity index is 1.72. The average molecular weight is 338 g/mol. The molecule has 130 valence electrons. The minimum atomic E-state index is -0.220. The van der Waals surface area contributed by atoms with Crippen molar-refractivity contribution in [1.82, 2.24) is 30.5 Å². The number of nitrogens with zero attached hydrogens (tertiary/aromatic N) is 3. The van der Waals surface area contributed by atoms with Gasteiger partial charge in [0.2, 0.25) is 0 Å². The maximum absolute atomic E-state index is 12.8. The predicted octanol–water partition coefficient (Wildman–Crippen LogP) is 1.92. The molecule has 3 heterocycles. The Hall–Kier alpha value is -2.83. The fourth-order valence-corrected chi connectivity index (χ4v) is 3.18. The molecule has 2 aliphatic rings. The van der Waals surface area contributed by atoms with Gasteiger partial charge in [-0.05, 0) is 57.7 Å². The number of hydrazine groups is 1. The molecule has 25 heavy (non-hydrogen) atoms. The van der Waals surface area contributed by atoms with Crippen molar-refractivity contribution in [2.24, 2.45) is 5.92 Å². The number of hydrogen-bond acceptors (Lipinski definition) is 5. The van der Waals surface area contributed by atoms with E-state index in [1.54, 1.807) is 12.5 Å². The van der Waals surface area contributed by atoms with E-state index in [4.69, 9.17) is 0 Å². The van der Waals surface area contributed by atoms with Crippen LogP contribution in [0.5, 0.6) is 0 Å². The Labute approximate surface area is 146 Å². The van der Waals surface area contributed by atoms with Crippen LogP contribution in [-0.4, -0.2) is 25.8 Å². The molecular formula is C18H22N6O. The first-order chi connectivity index (χ1) is 12.0. The van der Waals surface area contributed by atoms with Crippen LogP contribution in [0.25, 0.3) is 11.3 Å². The molecule has 1 aliphatic carbocycles. The van der Waals surface area contributed by atoms with Crippen molar-refractivity contribution in [3.05, 3.63) is 47.8 Å². The third kappa shape index (κ3) is 2.86. The molecule has 1 fully saturated rings. The number of imidazole rings is 1. The Morgan fingerprint density at radius 1 is 1.40 bits per heavy atom. The molecule has 1 aliphatic heterocycles. The fraction of sp³-hybridized carbons (Fsp3) is 0.389. The quantitative estimate of drug-likeness (QED) is 0.793. The first-order valence-corrected chi connectivity index (χ1v) is 8.52. The zero-order valence-corrected chi connectivity index (χ0v) is 14.6. The molecule has 1 saturated carbocycles. The predicted molar refractivity (Wildman–Crippen MR) is 95.4 cm³/mol. The SMILES string of the molecule is Cc1cc(C2=CC=CNN2)nc2c(C(=O)NC(C)(C)C3CC3)ncn12. The number of aromatic nitrogens is 3. The summed E-state index contributed by atoms with van der Waals surface area (Å²) in [6, 6.07) is 1.96. The summed E-state index contributed by atoms with van der Waals surface area (Å²) in [5.74, 6) is 0.372. The summed E-state index contributed by atoms with van der Waals surface area (Å²) < 4.78 is 1.84. The van der Waals surface area contributed by atoms with Crippen LogP contribution in [-0.2, 0) is 0 Å². The van der Waals surface area contributed by atoms with Crippen molar-refractivity contribution >= 4 is 17.3 Å². The van der Waals surface area contributed by atoms with E-state index < -0.39 is 0 Å². The summed E-state index contributed by atoms with van der Waals surface area (Å²) in [4.78, 5) is 21.8. The molecule has 7 heteroatoms. The van der Waals surface area contributed by atoms with Crippen LogP contribution < -0.4 is 16.2 Å². The van der Waals surface area contributed by atoms with Crippen molar-refractivity contribution in [2.45, 2.75) is 39.2 Å². The first-order valence-electron chi connectivity index (χ1n) is 8.52. The third-order valence-corrected chi connectivity index (χ3v) is 4.87. The monoisotopic (exact) mass is 338 g/mol. The van der Waals surface area contributed by atoms with Crippen LogP contribution in [0, 0.1) is 12.8 Å². The molecular weight excluding hydrogens is 316 g/mol. The molecule has 7 nitrogen and oxygen atoms in total. The molecule has 3 N–H and O–H groups in total. The van der Waals surface area contributed by atoms with Gasteiger partial charge in [-0.15, -0.1) is 0 Å². The summed E-state index contributed by atoms with van der Waals surface area (Å²) in [6.07, 6.45) is 9.61. The highest BCUT2D eigenvalue weighted by Gasteiger charge is 2.39. The van der Waals surface area contributed by atoms with E-state index in [1.165, 1.54) is 12.8 Å². The number of carbonyl (C=O) groups is 1. The van der Waals surface area contributed by atoms with E-state index in [1.807, 2.05) is 29.5 Å². The van der Waals surface area contributed by atoms with Gasteiger partial charge in [0.1, 0.15) is 6.33 Å². The maximum Gasteiger partial charge on any atom is 0.274 e. The molecule has 4 rings (SSSR count). The Morgan fingerprint density at radius 3 is 2.88 bits per heavy atom. The number of hydrogen-bond donors (Lipinski definition) is 3. The van der Waals surface area contributed by atoms with Crippen LogP contribution in [0.15, 0.2) is 30.7 Å². The van der Waals surface area contributed by atoms with Crippen molar-refractivity contribution in [3.8, 4) is 0 Å². The topological polar surface area (TPSA) is 83.3 Å². The van der Waals surface area contributed by atoms with Gasteiger partial charge < -0.3 is 10.7 Å². The molecule has 0 radical (unpaired) electrons. The highest BCUT2D eigenvalue weighted by molar-refractivity contribution is 5.98. The van der Waals surface area contributed by atoms with E-state index in [2.05, 4.69) is 40.0 Å². The van der Waals surface area contributed by atoms with Crippen LogP contribution in [0.4, 0.5) is 0 Å². The van der Waals surface area contributed by atoms with Gasteiger partial charge in [0.25, 0.3) is 5.91 Å². The minimum absolute atomic E-state index is 0.174. The summed E-state index contributed by atoms with van der Waals surface area (Å²) in [7, 11) is 0. The number of rotatable bonds is 4. The molecule has 0 unspecified atom stereocenters. The van der Waals surface area contributed by atoms with Crippen molar-refractivity contribution in [2.75, 3.05) is 0 Å². The Bertz CT molecular complexity index is 904. The summed E-state index contributed by atoms with van der Waals surface area (Å²) in [5, 5.41) is 3.12. The van der Waals surface area contributed by atoms with Gasteiger partial charge in [0.05, 0.1) is 11.4 Å². The summed E-state index contributed by atoms with van der Waals surface area (Å²) >= 11 is 0. The van der Waals surface area contributed by atoms with Crippen molar-refractivity contribution < 1.29 is 4.79 Å². The lowest BCUT2D eigenvalue weighted by atomic mass is 9.98. The molecule has 2 aromatic heterocycles. The second kappa shape index (κ2) is 5.61. The molecule has 0 atom stereocenters. The lowest BCUT2D eigenvalue weighted by molar-refractivity contribution is 0.0900. The van der Waals surface area contributed by atoms with Gasteiger partial charge >= 0.3 is 0 Å². The zero-order valence-electron chi connectivity index (χ0n) is 14.6. The Morgan fingerprint density at radius 2 is 2.20 bits per heavy atom. The molecule has 0 saturated heterocycles. The molecule has 0 bridgehead atoms. The maximum atomic E-state index is 12.8. The van der Waals surface area contributed by atoms with E-state index in [0.29, 0.717) is 17.3 Å². The van der Waals surface area contributed by atoms with Gasteiger partial charge in [-0.2, -0.15) is 0 Å². The largest absolute Gasteiger partial charge is 0.345 e. The van der Waals surface area contributed by atoms with Crippen LogP contribution in [0.1, 0.15) is 48.6 Å². The lowest BCUT2D eigenvalue weighted by Crippen LogP contribution is -2.45. The number of nitrogens with one attached hydrogen (secondary N) is 3. The molecule has 2 aromatic rings. The number of allylic oxidation sites excluding steroid dienone is 2.